The summed E-state index contributed by atoms with van der Waals surface area (Å²) in [6, 6.07) is 24.0. The molecule has 0 aliphatic carbocycles. The number of thiazole rings is 1. The summed E-state index contributed by atoms with van der Waals surface area (Å²) in [6.07, 6.45) is 1.72. The molecule has 32 heavy (non-hydrogen) atoms. The lowest BCUT2D eigenvalue weighted by Gasteiger charge is -2.10. The van der Waals surface area contributed by atoms with Gasteiger partial charge in [0.15, 0.2) is 11.5 Å². The summed E-state index contributed by atoms with van der Waals surface area (Å²) in [7, 11) is 0. The molecule has 1 aliphatic heterocycles. The summed E-state index contributed by atoms with van der Waals surface area (Å²) >= 11 is 1.54. The minimum absolute atomic E-state index is 0.251. The molecular weight excluding hydrogens is 422 g/mol. The second kappa shape index (κ2) is 9.11. The van der Waals surface area contributed by atoms with Gasteiger partial charge in [-0.3, -0.25) is 4.57 Å². The van der Waals surface area contributed by atoms with Gasteiger partial charge in [0.05, 0.1) is 18.5 Å². The fourth-order valence-corrected chi connectivity index (χ4v) is 4.30. The monoisotopic (exact) mass is 443 g/mol. The lowest BCUT2D eigenvalue weighted by molar-refractivity contribution is 0.174. The van der Waals surface area contributed by atoms with Gasteiger partial charge in [0.2, 0.25) is 11.6 Å². The zero-order valence-electron chi connectivity index (χ0n) is 17.5. The SMILES string of the molecule is CCOc1ccc(-c2cs/c(=N\N=C\c3ccc4c(c3)OCO4)n2-c2ccccc2)cc1. The number of fused-ring (bicyclic) bond motifs is 1. The smallest absolute Gasteiger partial charge is 0.231 e. The molecule has 0 radical (unpaired) electrons. The van der Waals surface area contributed by atoms with Gasteiger partial charge in [0.25, 0.3) is 0 Å². The lowest BCUT2D eigenvalue weighted by atomic mass is 10.1. The maximum atomic E-state index is 5.58. The molecule has 160 valence electrons. The van der Waals surface area contributed by atoms with E-state index in [0.29, 0.717) is 6.61 Å². The Kier molecular flexibility index (Phi) is 5.72. The Balaban J connectivity index is 1.52. The highest BCUT2D eigenvalue weighted by atomic mass is 32.1. The molecule has 0 N–H and O–H groups in total. The third-order valence-electron chi connectivity index (χ3n) is 4.93. The van der Waals surface area contributed by atoms with Crippen LogP contribution >= 0.6 is 11.3 Å². The first-order valence-electron chi connectivity index (χ1n) is 10.3. The molecule has 0 bridgehead atoms. The first kappa shape index (κ1) is 20.1. The van der Waals surface area contributed by atoms with Crippen LogP contribution in [0.25, 0.3) is 16.9 Å². The molecule has 1 aliphatic rings. The molecule has 0 saturated heterocycles. The van der Waals surface area contributed by atoms with Crippen molar-refractivity contribution in [2.45, 2.75) is 6.92 Å². The van der Waals surface area contributed by atoms with Crippen LogP contribution in [-0.4, -0.2) is 24.2 Å². The Morgan fingerprint density at radius 1 is 1.00 bits per heavy atom. The number of rotatable bonds is 6. The van der Waals surface area contributed by atoms with Crippen LogP contribution in [0.15, 0.2) is 88.4 Å². The van der Waals surface area contributed by atoms with Gasteiger partial charge in [-0.05, 0) is 72.6 Å². The minimum Gasteiger partial charge on any atom is -0.494 e. The first-order valence-corrected chi connectivity index (χ1v) is 11.2. The maximum absolute atomic E-state index is 5.58. The molecule has 3 aromatic carbocycles. The first-order chi connectivity index (χ1) is 15.8. The van der Waals surface area contributed by atoms with E-state index in [2.05, 4.69) is 44.4 Å². The van der Waals surface area contributed by atoms with E-state index in [0.717, 1.165) is 44.6 Å². The molecule has 0 unspecified atom stereocenters. The normalized spacial score (nSPS) is 13.1. The van der Waals surface area contributed by atoms with Crippen molar-refractivity contribution in [3.63, 3.8) is 0 Å². The molecule has 0 amide bonds. The van der Waals surface area contributed by atoms with E-state index in [4.69, 9.17) is 14.2 Å². The number of para-hydroxylation sites is 1. The number of aromatic nitrogens is 1. The van der Waals surface area contributed by atoms with Crippen LogP contribution in [0.3, 0.4) is 0 Å². The van der Waals surface area contributed by atoms with Crippen LogP contribution in [0.2, 0.25) is 0 Å². The van der Waals surface area contributed by atoms with Crippen LogP contribution in [0.1, 0.15) is 12.5 Å². The van der Waals surface area contributed by atoms with Crippen molar-refractivity contribution >= 4 is 17.6 Å². The highest BCUT2D eigenvalue weighted by Crippen LogP contribution is 2.32. The molecule has 5 rings (SSSR count). The van der Waals surface area contributed by atoms with E-state index in [1.165, 1.54) is 0 Å². The molecule has 0 saturated carbocycles. The molecule has 0 atom stereocenters. The fraction of sp³-hybridized carbons (Fsp3) is 0.120. The van der Waals surface area contributed by atoms with Crippen LogP contribution in [0.4, 0.5) is 0 Å². The minimum atomic E-state index is 0.251. The Morgan fingerprint density at radius 2 is 1.81 bits per heavy atom. The molecule has 2 heterocycles. The summed E-state index contributed by atoms with van der Waals surface area (Å²) in [4.78, 5) is 0.775. The average molecular weight is 444 g/mol. The average Bonchev–Trinajstić information content (AvgIpc) is 3.47. The van der Waals surface area contributed by atoms with Crippen molar-refractivity contribution in [3.05, 3.63) is 88.5 Å². The second-order valence-electron chi connectivity index (χ2n) is 6.99. The van der Waals surface area contributed by atoms with Crippen molar-refractivity contribution in [1.82, 2.24) is 4.57 Å². The van der Waals surface area contributed by atoms with E-state index in [1.807, 2.05) is 55.5 Å². The molecular formula is C25H21N3O3S. The van der Waals surface area contributed by atoms with Crippen LogP contribution in [-0.2, 0) is 0 Å². The number of benzene rings is 3. The van der Waals surface area contributed by atoms with Crippen LogP contribution in [0.5, 0.6) is 17.2 Å². The molecule has 1 aromatic heterocycles. The summed E-state index contributed by atoms with van der Waals surface area (Å²) < 4.78 is 18.5. The molecule has 6 nitrogen and oxygen atoms in total. The number of hydrogen-bond donors (Lipinski definition) is 0. The standard InChI is InChI=1S/C25H21N3O3S/c1-2-29-21-11-9-19(10-12-21)22-16-32-25(28(22)20-6-4-3-5-7-20)27-26-15-18-8-13-23-24(14-18)31-17-30-23/h3-16H,2,17H2,1H3/b26-15+,27-25-. The van der Waals surface area contributed by atoms with E-state index >= 15 is 0 Å². The molecule has 0 spiro atoms. The summed E-state index contributed by atoms with van der Waals surface area (Å²) in [5.41, 5.74) is 4.04. The quantitative estimate of drug-likeness (QED) is 0.301. The van der Waals surface area contributed by atoms with Gasteiger partial charge in [-0.25, -0.2) is 0 Å². The Hall–Kier alpha value is -3.84. The highest BCUT2D eigenvalue weighted by Gasteiger charge is 2.13. The fourth-order valence-electron chi connectivity index (χ4n) is 3.44. The second-order valence-corrected chi connectivity index (χ2v) is 7.83. The van der Waals surface area contributed by atoms with Crippen LogP contribution < -0.4 is 19.0 Å². The van der Waals surface area contributed by atoms with Gasteiger partial charge in [0, 0.05) is 11.1 Å². The molecule has 4 aromatic rings. The van der Waals surface area contributed by atoms with Gasteiger partial charge < -0.3 is 14.2 Å². The maximum Gasteiger partial charge on any atom is 0.231 e. The third kappa shape index (κ3) is 4.15. The van der Waals surface area contributed by atoms with Gasteiger partial charge in [0.1, 0.15) is 5.75 Å². The Morgan fingerprint density at radius 3 is 2.62 bits per heavy atom. The highest BCUT2D eigenvalue weighted by molar-refractivity contribution is 7.07. The van der Waals surface area contributed by atoms with Crippen LogP contribution in [0, 0.1) is 0 Å². The van der Waals surface area contributed by atoms with Gasteiger partial charge >= 0.3 is 0 Å². The summed E-state index contributed by atoms with van der Waals surface area (Å²) in [5.74, 6) is 2.33. The van der Waals surface area contributed by atoms with Crippen molar-refractivity contribution in [1.29, 1.82) is 0 Å². The largest absolute Gasteiger partial charge is 0.494 e. The van der Waals surface area contributed by atoms with Gasteiger partial charge in [-0.1, -0.05) is 18.2 Å². The van der Waals surface area contributed by atoms with Crippen molar-refractivity contribution < 1.29 is 14.2 Å². The summed E-state index contributed by atoms with van der Waals surface area (Å²) in [5, 5.41) is 11.0. The van der Waals surface area contributed by atoms with Gasteiger partial charge in [-0.2, -0.15) is 5.10 Å². The number of hydrogen-bond acceptors (Lipinski definition) is 6. The molecule has 0 fully saturated rings. The van der Waals surface area contributed by atoms with E-state index in [1.54, 1.807) is 17.6 Å². The Bertz CT molecular complexity index is 1310. The van der Waals surface area contributed by atoms with Crippen molar-refractivity contribution in [2.75, 3.05) is 13.4 Å². The number of ether oxygens (including phenoxy) is 3. The van der Waals surface area contributed by atoms with E-state index in [9.17, 15) is 0 Å². The van der Waals surface area contributed by atoms with Crippen molar-refractivity contribution in [3.8, 4) is 34.2 Å². The van der Waals surface area contributed by atoms with Gasteiger partial charge in [-0.15, -0.1) is 16.4 Å². The zero-order valence-corrected chi connectivity index (χ0v) is 18.3. The lowest BCUT2D eigenvalue weighted by Crippen LogP contribution is -2.13. The summed E-state index contributed by atoms with van der Waals surface area (Å²) in [6.45, 7) is 2.88. The third-order valence-corrected chi connectivity index (χ3v) is 5.75. The Labute approximate surface area is 189 Å². The van der Waals surface area contributed by atoms with Crippen molar-refractivity contribution in [2.24, 2.45) is 10.2 Å². The predicted octanol–water partition coefficient (Wildman–Crippen LogP) is 5.27. The van der Waals surface area contributed by atoms with E-state index < -0.39 is 0 Å². The topological polar surface area (TPSA) is 57.3 Å². The molecule has 7 heteroatoms. The number of nitrogens with zero attached hydrogens (tertiary/aromatic N) is 3. The predicted molar refractivity (Wildman–Crippen MR) is 126 cm³/mol. The van der Waals surface area contributed by atoms with E-state index in [-0.39, 0.29) is 6.79 Å². The zero-order chi connectivity index (χ0) is 21.8.